The van der Waals surface area contributed by atoms with Crippen LogP contribution in [0.5, 0.6) is 0 Å². The molecular formula is C20H26N2O2. The second kappa shape index (κ2) is 6.01. The topological polar surface area (TPSA) is 32.8 Å². The Balaban J connectivity index is 1.48. The second-order valence-electron chi connectivity index (χ2n) is 7.51. The van der Waals surface area contributed by atoms with E-state index in [0.29, 0.717) is 18.9 Å². The minimum absolute atomic E-state index is 0.203. The van der Waals surface area contributed by atoms with Crippen LogP contribution < -0.4 is 0 Å². The zero-order valence-electron chi connectivity index (χ0n) is 14.5. The number of hydrogen-bond donors (Lipinski definition) is 0. The molecule has 0 aromatic heterocycles. The van der Waals surface area contributed by atoms with Crippen molar-refractivity contribution in [3.63, 3.8) is 0 Å². The number of amides is 1. The van der Waals surface area contributed by atoms with Crippen molar-refractivity contribution < 1.29 is 9.53 Å². The molecule has 4 rings (SSSR count). The average molecular weight is 326 g/mol. The van der Waals surface area contributed by atoms with Crippen LogP contribution in [0.3, 0.4) is 0 Å². The van der Waals surface area contributed by atoms with Crippen molar-refractivity contribution in [3.8, 4) is 0 Å². The van der Waals surface area contributed by atoms with E-state index in [1.807, 2.05) is 6.07 Å². The third kappa shape index (κ3) is 2.40. The molecule has 0 bridgehead atoms. The summed E-state index contributed by atoms with van der Waals surface area (Å²) in [5.74, 6) is 0.715. The molecule has 1 amide bonds. The van der Waals surface area contributed by atoms with Crippen LogP contribution in [-0.4, -0.2) is 53.2 Å². The fourth-order valence-corrected chi connectivity index (χ4v) is 4.56. The van der Waals surface area contributed by atoms with Gasteiger partial charge in [-0.3, -0.25) is 9.69 Å². The number of ether oxygens (including phenoxy) is 1. The molecule has 3 aliphatic heterocycles. The average Bonchev–Trinajstić information content (AvgIpc) is 3.19. The maximum atomic E-state index is 12.6. The largest absolute Gasteiger partial charge is 0.352 e. The third-order valence-electron chi connectivity index (χ3n) is 5.82. The maximum absolute atomic E-state index is 12.6. The highest BCUT2D eigenvalue weighted by molar-refractivity contribution is 5.82. The summed E-state index contributed by atoms with van der Waals surface area (Å²) in [7, 11) is 0. The van der Waals surface area contributed by atoms with Crippen molar-refractivity contribution in [2.45, 2.75) is 44.5 Å². The van der Waals surface area contributed by atoms with Gasteiger partial charge in [0, 0.05) is 25.9 Å². The van der Waals surface area contributed by atoms with Gasteiger partial charge >= 0.3 is 0 Å². The van der Waals surface area contributed by atoms with E-state index in [1.165, 1.54) is 5.56 Å². The molecule has 4 heteroatoms. The number of carbonyl (C=O) groups is 1. The Kier molecular flexibility index (Phi) is 3.97. The van der Waals surface area contributed by atoms with Crippen LogP contribution in [0.15, 0.2) is 36.4 Å². The summed E-state index contributed by atoms with van der Waals surface area (Å²) in [6.45, 7) is 6.93. The van der Waals surface area contributed by atoms with Gasteiger partial charge in [-0.2, -0.15) is 0 Å². The van der Waals surface area contributed by atoms with E-state index in [2.05, 4.69) is 60.1 Å². The maximum Gasteiger partial charge on any atom is 0.226 e. The van der Waals surface area contributed by atoms with Crippen LogP contribution in [0.1, 0.15) is 32.3 Å². The van der Waals surface area contributed by atoms with Crippen molar-refractivity contribution in [1.82, 2.24) is 9.80 Å². The van der Waals surface area contributed by atoms with E-state index in [9.17, 15) is 4.79 Å². The Morgan fingerprint density at radius 1 is 1.33 bits per heavy atom. The predicted molar refractivity (Wildman–Crippen MR) is 94.2 cm³/mol. The molecular weight excluding hydrogens is 300 g/mol. The molecule has 3 atom stereocenters. The van der Waals surface area contributed by atoms with Crippen LogP contribution >= 0.6 is 0 Å². The molecule has 0 unspecified atom stereocenters. The first kappa shape index (κ1) is 15.9. The number of rotatable bonds is 4. The molecule has 0 saturated carbocycles. The minimum atomic E-state index is -0.355. The lowest BCUT2D eigenvalue weighted by molar-refractivity contribution is -0.139. The van der Waals surface area contributed by atoms with Gasteiger partial charge in [-0.25, -0.2) is 0 Å². The number of nitrogens with zero attached hydrogens (tertiary/aromatic N) is 2. The zero-order valence-corrected chi connectivity index (χ0v) is 14.5. The number of benzene rings is 1. The lowest BCUT2D eigenvalue weighted by Crippen LogP contribution is -2.50. The molecule has 0 radical (unpaired) electrons. The van der Waals surface area contributed by atoms with Gasteiger partial charge < -0.3 is 9.64 Å². The van der Waals surface area contributed by atoms with Gasteiger partial charge in [0.05, 0.1) is 18.7 Å². The minimum Gasteiger partial charge on any atom is -0.352 e. The van der Waals surface area contributed by atoms with Crippen molar-refractivity contribution >= 4 is 12.0 Å². The van der Waals surface area contributed by atoms with Crippen molar-refractivity contribution in [2.75, 3.05) is 19.7 Å². The van der Waals surface area contributed by atoms with Crippen molar-refractivity contribution in [1.29, 1.82) is 0 Å². The van der Waals surface area contributed by atoms with Crippen LogP contribution in [-0.2, 0) is 9.53 Å². The molecule has 1 aromatic carbocycles. The van der Waals surface area contributed by atoms with E-state index in [1.54, 1.807) is 0 Å². The molecule has 0 N–H and O–H groups in total. The molecule has 4 nitrogen and oxygen atoms in total. The Morgan fingerprint density at radius 3 is 2.88 bits per heavy atom. The van der Waals surface area contributed by atoms with Crippen molar-refractivity contribution in [3.05, 3.63) is 42.0 Å². The van der Waals surface area contributed by atoms with Crippen LogP contribution in [0.2, 0.25) is 0 Å². The highest BCUT2D eigenvalue weighted by Gasteiger charge is 2.64. The SMILES string of the molecule is CC(C)[C@@H]1CO[C@@]23CCN(C/C=C/c4ccccc4)[C@@H]2CC(=O)N13. The van der Waals surface area contributed by atoms with Crippen LogP contribution in [0.4, 0.5) is 0 Å². The highest BCUT2D eigenvalue weighted by Crippen LogP contribution is 2.48. The number of hydrogen-bond acceptors (Lipinski definition) is 3. The fourth-order valence-electron chi connectivity index (χ4n) is 4.56. The molecule has 1 spiro atoms. The van der Waals surface area contributed by atoms with E-state index in [4.69, 9.17) is 4.74 Å². The first-order valence-electron chi connectivity index (χ1n) is 9.03. The Hall–Kier alpha value is -1.65. The summed E-state index contributed by atoms with van der Waals surface area (Å²) in [6, 6.07) is 10.8. The molecule has 0 aliphatic carbocycles. The van der Waals surface area contributed by atoms with Gasteiger partial charge in [0.25, 0.3) is 0 Å². The summed E-state index contributed by atoms with van der Waals surface area (Å²) in [4.78, 5) is 17.1. The van der Waals surface area contributed by atoms with Gasteiger partial charge in [0.2, 0.25) is 5.91 Å². The Bertz CT molecular complexity index is 642. The lowest BCUT2D eigenvalue weighted by Gasteiger charge is -2.34. The Morgan fingerprint density at radius 2 is 2.12 bits per heavy atom. The molecule has 3 fully saturated rings. The van der Waals surface area contributed by atoms with Crippen LogP contribution in [0, 0.1) is 5.92 Å². The van der Waals surface area contributed by atoms with Gasteiger partial charge in [-0.15, -0.1) is 0 Å². The lowest BCUT2D eigenvalue weighted by atomic mass is 10.0. The summed E-state index contributed by atoms with van der Waals surface area (Å²) in [6.07, 6.45) is 5.90. The number of likely N-dealkylation sites (tertiary alicyclic amines) is 1. The quantitative estimate of drug-likeness (QED) is 0.853. The van der Waals surface area contributed by atoms with Gasteiger partial charge in [0.1, 0.15) is 0 Å². The van der Waals surface area contributed by atoms with Crippen LogP contribution in [0.25, 0.3) is 6.08 Å². The monoisotopic (exact) mass is 326 g/mol. The second-order valence-corrected chi connectivity index (χ2v) is 7.51. The first-order chi connectivity index (χ1) is 11.6. The summed E-state index contributed by atoms with van der Waals surface area (Å²) in [5.41, 5.74) is 0.861. The Labute approximate surface area is 144 Å². The van der Waals surface area contributed by atoms with E-state index < -0.39 is 0 Å². The van der Waals surface area contributed by atoms with E-state index in [-0.39, 0.29) is 23.7 Å². The standard InChI is InChI=1S/C20H26N2O2/c1-15(2)17-14-24-20-10-12-21(18(20)13-19(23)22(17)20)11-6-9-16-7-4-3-5-8-16/h3-9,15,17-18H,10-14H2,1-2H3/b9-6+/t17-,18+,20-/m0/s1. The molecule has 128 valence electrons. The summed E-state index contributed by atoms with van der Waals surface area (Å²) in [5, 5.41) is 0. The van der Waals surface area contributed by atoms with Crippen molar-refractivity contribution in [2.24, 2.45) is 5.92 Å². The summed E-state index contributed by atoms with van der Waals surface area (Å²) >= 11 is 0. The van der Waals surface area contributed by atoms with E-state index >= 15 is 0 Å². The third-order valence-corrected chi connectivity index (χ3v) is 5.82. The van der Waals surface area contributed by atoms with Gasteiger partial charge in [-0.1, -0.05) is 56.3 Å². The molecule has 1 aromatic rings. The fraction of sp³-hybridized carbons (Fsp3) is 0.550. The normalized spacial score (nSPS) is 33.0. The molecule has 3 aliphatic rings. The van der Waals surface area contributed by atoms with Gasteiger partial charge in [0.15, 0.2) is 5.72 Å². The predicted octanol–water partition coefficient (Wildman–Crippen LogP) is 2.76. The number of carbonyl (C=O) groups excluding carboxylic acids is 1. The van der Waals surface area contributed by atoms with E-state index in [0.717, 1.165) is 19.5 Å². The smallest absolute Gasteiger partial charge is 0.226 e. The molecule has 3 heterocycles. The first-order valence-corrected chi connectivity index (χ1v) is 9.03. The zero-order chi connectivity index (χ0) is 16.7. The van der Waals surface area contributed by atoms with Gasteiger partial charge in [-0.05, 0) is 11.5 Å². The molecule has 24 heavy (non-hydrogen) atoms. The molecule has 3 saturated heterocycles. The summed E-state index contributed by atoms with van der Waals surface area (Å²) < 4.78 is 6.27. The highest BCUT2D eigenvalue weighted by atomic mass is 16.5.